The smallest absolute Gasteiger partial charge is 0.261 e. The van der Waals surface area contributed by atoms with Gasteiger partial charge in [0.05, 0.1) is 4.88 Å². The molecule has 1 aromatic heterocycles. The minimum Gasteiger partial charge on any atom is -0.349 e. The van der Waals surface area contributed by atoms with E-state index in [9.17, 15) is 4.79 Å². The maximum absolute atomic E-state index is 12.1. The number of carbonyl (C=O) groups excluding carboxylic acids is 1. The molecule has 0 bridgehead atoms. The summed E-state index contributed by atoms with van der Waals surface area (Å²) in [4.78, 5) is 14.2. The molecule has 3 heteroatoms. The Morgan fingerprint density at radius 3 is 2.88 bits per heavy atom. The predicted octanol–water partition coefficient (Wildman–Crippen LogP) is 3.54. The van der Waals surface area contributed by atoms with Crippen LogP contribution in [0.5, 0.6) is 0 Å². The number of nitrogens with one attached hydrogen (secondary N) is 1. The number of hydrogen-bond acceptors (Lipinski definition) is 2. The molecule has 1 N–H and O–H groups in total. The Balaban J connectivity index is 2.00. The van der Waals surface area contributed by atoms with Crippen molar-refractivity contribution in [2.75, 3.05) is 0 Å². The van der Waals surface area contributed by atoms with Crippen molar-refractivity contribution >= 4 is 17.2 Å². The highest BCUT2D eigenvalue weighted by molar-refractivity contribution is 7.14. The lowest BCUT2D eigenvalue weighted by Gasteiger charge is -2.11. The fraction of sp³-hybridized carbons (Fsp3) is 0.643. The lowest BCUT2D eigenvalue weighted by atomic mass is 10.1. The molecule has 2 rings (SSSR count). The quantitative estimate of drug-likeness (QED) is 0.852. The summed E-state index contributed by atoms with van der Waals surface area (Å²) >= 11 is 1.62. The average molecular weight is 251 g/mol. The molecule has 0 aliphatic heterocycles. The summed E-state index contributed by atoms with van der Waals surface area (Å²) in [5.41, 5.74) is 1.33. The van der Waals surface area contributed by atoms with E-state index >= 15 is 0 Å². The Morgan fingerprint density at radius 1 is 1.59 bits per heavy atom. The van der Waals surface area contributed by atoms with Crippen molar-refractivity contribution in [3.05, 3.63) is 21.4 Å². The second-order valence-electron chi connectivity index (χ2n) is 5.04. The Labute approximate surface area is 107 Å². The summed E-state index contributed by atoms with van der Waals surface area (Å²) in [6, 6.07) is 2.40. The van der Waals surface area contributed by atoms with Crippen LogP contribution in [-0.2, 0) is 6.42 Å². The first-order valence-electron chi connectivity index (χ1n) is 6.52. The van der Waals surface area contributed by atoms with Gasteiger partial charge in [0.2, 0.25) is 0 Å². The fourth-order valence-electron chi connectivity index (χ4n) is 2.14. The van der Waals surface area contributed by atoms with Crippen LogP contribution in [0.2, 0.25) is 0 Å². The average Bonchev–Trinajstić information content (AvgIpc) is 3.06. The van der Waals surface area contributed by atoms with E-state index in [1.54, 1.807) is 11.3 Å². The molecule has 1 amide bonds. The largest absolute Gasteiger partial charge is 0.349 e. The van der Waals surface area contributed by atoms with E-state index in [4.69, 9.17) is 0 Å². The Kier molecular flexibility index (Phi) is 3.87. The van der Waals surface area contributed by atoms with Gasteiger partial charge in [0.15, 0.2) is 0 Å². The molecule has 17 heavy (non-hydrogen) atoms. The van der Waals surface area contributed by atoms with Gasteiger partial charge < -0.3 is 5.32 Å². The van der Waals surface area contributed by atoms with Crippen LogP contribution in [0.1, 0.15) is 53.2 Å². The number of amides is 1. The maximum atomic E-state index is 12.1. The number of aryl methyl sites for hydroxylation is 2. The molecule has 1 aromatic rings. The van der Waals surface area contributed by atoms with Gasteiger partial charge in [-0.2, -0.15) is 0 Å². The van der Waals surface area contributed by atoms with Crippen LogP contribution in [0.25, 0.3) is 0 Å². The number of thiophene rings is 1. The van der Waals surface area contributed by atoms with Crippen molar-refractivity contribution in [1.29, 1.82) is 0 Å². The standard InChI is InChI=1S/C14H21NOS/c1-4-5-12-8-13(17-10(12)3)14(16)15-9(2)11-6-7-11/h8-9,11H,4-7H2,1-3H3,(H,15,16). The van der Waals surface area contributed by atoms with Crippen LogP contribution in [0.4, 0.5) is 0 Å². The maximum Gasteiger partial charge on any atom is 0.261 e. The van der Waals surface area contributed by atoms with Gasteiger partial charge >= 0.3 is 0 Å². The molecule has 0 spiro atoms. The SMILES string of the molecule is CCCc1cc(C(=O)NC(C)C2CC2)sc1C. The molecular formula is C14H21NOS. The third kappa shape index (κ3) is 3.09. The van der Waals surface area contributed by atoms with Crippen molar-refractivity contribution in [1.82, 2.24) is 5.32 Å². The summed E-state index contributed by atoms with van der Waals surface area (Å²) in [6.45, 7) is 6.39. The first kappa shape index (κ1) is 12.6. The van der Waals surface area contributed by atoms with Gasteiger partial charge in [-0.15, -0.1) is 11.3 Å². The third-order valence-corrected chi connectivity index (χ3v) is 4.54. The van der Waals surface area contributed by atoms with Gasteiger partial charge in [-0.1, -0.05) is 13.3 Å². The van der Waals surface area contributed by atoms with Gasteiger partial charge in [0.1, 0.15) is 0 Å². The third-order valence-electron chi connectivity index (χ3n) is 3.45. The monoisotopic (exact) mass is 251 g/mol. The van der Waals surface area contributed by atoms with Gasteiger partial charge in [-0.3, -0.25) is 4.79 Å². The summed E-state index contributed by atoms with van der Waals surface area (Å²) in [6.07, 6.45) is 4.75. The summed E-state index contributed by atoms with van der Waals surface area (Å²) in [5.74, 6) is 0.829. The number of hydrogen-bond donors (Lipinski definition) is 1. The van der Waals surface area contributed by atoms with Gasteiger partial charge in [0, 0.05) is 10.9 Å². The van der Waals surface area contributed by atoms with Crippen molar-refractivity contribution in [2.24, 2.45) is 5.92 Å². The van der Waals surface area contributed by atoms with Gasteiger partial charge in [-0.25, -0.2) is 0 Å². The Morgan fingerprint density at radius 2 is 2.29 bits per heavy atom. The Hall–Kier alpha value is -0.830. The van der Waals surface area contributed by atoms with E-state index in [-0.39, 0.29) is 5.91 Å². The van der Waals surface area contributed by atoms with Crippen molar-refractivity contribution in [3.63, 3.8) is 0 Å². The first-order valence-corrected chi connectivity index (χ1v) is 7.33. The lowest BCUT2D eigenvalue weighted by Crippen LogP contribution is -2.33. The predicted molar refractivity (Wildman–Crippen MR) is 72.7 cm³/mol. The zero-order chi connectivity index (χ0) is 12.4. The van der Waals surface area contributed by atoms with E-state index < -0.39 is 0 Å². The highest BCUT2D eigenvalue weighted by atomic mass is 32.1. The molecule has 1 aliphatic carbocycles. The molecular weight excluding hydrogens is 230 g/mol. The molecule has 0 saturated heterocycles. The van der Waals surface area contributed by atoms with Crippen LogP contribution < -0.4 is 5.32 Å². The molecule has 1 aliphatic rings. The molecule has 1 unspecified atom stereocenters. The Bertz CT molecular complexity index is 406. The first-order chi connectivity index (χ1) is 8.11. The minimum absolute atomic E-state index is 0.111. The summed E-state index contributed by atoms with van der Waals surface area (Å²) in [7, 11) is 0. The number of rotatable bonds is 5. The topological polar surface area (TPSA) is 29.1 Å². The fourth-order valence-corrected chi connectivity index (χ4v) is 3.12. The normalized spacial score (nSPS) is 16.9. The highest BCUT2D eigenvalue weighted by Gasteiger charge is 2.29. The van der Waals surface area contributed by atoms with E-state index in [0.717, 1.165) is 23.6 Å². The highest BCUT2D eigenvalue weighted by Crippen LogP contribution is 2.32. The molecule has 1 atom stereocenters. The molecule has 1 fully saturated rings. The zero-order valence-electron chi connectivity index (χ0n) is 10.9. The van der Waals surface area contributed by atoms with Crippen LogP contribution in [0.15, 0.2) is 6.07 Å². The minimum atomic E-state index is 0.111. The van der Waals surface area contributed by atoms with E-state index in [1.165, 1.54) is 23.3 Å². The second-order valence-corrected chi connectivity index (χ2v) is 6.30. The molecule has 94 valence electrons. The molecule has 1 heterocycles. The second kappa shape index (κ2) is 5.21. The van der Waals surface area contributed by atoms with E-state index in [2.05, 4.69) is 32.2 Å². The van der Waals surface area contributed by atoms with E-state index in [0.29, 0.717) is 6.04 Å². The molecule has 0 radical (unpaired) electrons. The van der Waals surface area contributed by atoms with Crippen LogP contribution >= 0.6 is 11.3 Å². The molecule has 0 aromatic carbocycles. The van der Waals surface area contributed by atoms with Gasteiger partial charge in [0.25, 0.3) is 5.91 Å². The zero-order valence-corrected chi connectivity index (χ0v) is 11.7. The molecule has 1 saturated carbocycles. The number of carbonyl (C=O) groups is 1. The van der Waals surface area contributed by atoms with Crippen molar-refractivity contribution in [2.45, 2.75) is 52.5 Å². The summed E-state index contributed by atoms with van der Waals surface area (Å²) in [5, 5.41) is 3.11. The van der Waals surface area contributed by atoms with Crippen molar-refractivity contribution in [3.8, 4) is 0 Å². The van der Waals surface area contributed by atoms with Crippen LogP contribution in [0.3, 0.4) is 0 Å². The molecule has 2 nitrogen and oxygen atoms in total. The summed E-state index contributed by atoms with van der Waals surface area (Å²) < 4.78 is 0. The lowest BCUT2D eigenvalue weighted by molar-refractivity contribution is 0.0940. The van der Waals surface area contributed by atoms with Gasteiger partial charge in [-0.05, 0) is 50.7 Å². The van der Waals surface area contributed by atoms with Crippen LogP contribution in [-0.4, -0.2) is 11.9 Å². The van der Waals surface area contributed by atoms with Crippen molar-refractivity contribution < 1.29 is 4.79 Å². The van der Waals surface area contributed by atoms with E-state index in [1.807, 2.05) is 0 Å². The van der Waals surface area contributed by atoms with Crippen LogP contribution in [0, 0.1) is 12.8 Å².